The van der Waals surface area contributed by atoms with E-state index in [4.69, 9.17) is 9.97 Å². The van der Waals surface area contributed by atoms with Crippen molar-refractivity contribution in [1.29, 1.82) is 0 Å². The van der Waals surface area contributed by atoms with Crippen molar-refractivity contribution in [3.63, 3.8) is 0 Å². The summed E-state index contributed by atoms with van der Waals surface area (Å²) in [7, 11) is 0. The van der Waals surface area contributed by atoms with Gasteiger partial charge >= 0.3 is 0 Å². The lowest BCUT2D eigenvalue weighted by Gasteiger charge is -2.13. The minimum atomic E-state index is 0.873. The highest BCUT2D eigenvalue weighted by Gasteiger charge is 2.16. The quantitative estimate of drug-likeness (QED) is 0.224. The summed E-state index contributed by atoms with van der Waals surface area (Å²) in [4.78, 5) is 10.1. The van der Waals surface area contributed by atoms with Crippen LogP contribution in [0.1, 0.15) is 12.7 Å². The van der Waals surface area contributed by atoms with Crippen molar-refractivity contribution in [3.8, 4) is 16.9 Å². The van der Waals surface area contributed by atoms with Crippen molar-refractivity contribution in [2.24, 2.45) is 0 Å². The molecule has 0 radical (unpaired) electrons. The number of fused-ring (bicyclic) bond motifs is 8. The van der Waals surface area contributed by atoms with Crippen LogP contribution in [0.3, 0.4) is 0 Å². The number of hydrogen-bond donors (Lipinski definition) is 0. The number of hydrogen-bond acceptors (Lipinski definition) is 3. The zero-order valence-corrected chi connectivity index (χ0v) is 21.7. The van der Waals surface area contributed by atoms with Gasteiger partial charge in [-0.15, -0.1) is 11.3 Å². The van der Waals surface area contributed by atoms with Gasteiger partial charge in [-0.2, -0.15) is 0 Å². The molecule has 0 fully saturated rings. The SMILES string of the molecule is CCc1nc2ccccc2n1-c1ccc(-c2nc3ccccc3c3c2ccc2c4ccccc4sc23)cc1. The fraction of sp³-hybridized carbons (Fsp3) is 0.0588. The highest BCUT2D eigenvalue weighted by molar-refractivity contribution is 7.26. The first-order valence-corrected chi connectivity index (χ1v) is 13.8. The van der Waals surface area contributed by atoms with Gasteiger partial charge in [0.15, 0.2) is 0 Å². The molecule has 0 atom stereocenters. The molecule has 0 saturated carbocycles. The van der Waals surface area contributed by atoms with Gasteiger partial charge in [-0.25, -0.2) is 9.97 Å². The topological polar surface area (TPSA) is 30.7 Å². The van der Waals surface area contributed by atoms with E-state index in [1.54, 1.807) is 0 Å². The summed E-state index contributed by atoms with van der Waals surface area (Å²) in [5.74, 6) is 1.07. The van der Waals surface area contributed by atoms with E-state index in [9.17, 15) is 0 Å². The highest BCUT2D eigenvalue weighted by atomic mass is 32.1. The first kappa shape index (κ1) is 21.5. The summed E-state index contributed by atoms with van der Waals surface area (Å²) in [5.41, 5.74) is 6.46. The predicted octanol–water partition coefficient (Wildman–Crippen LogP) is 9.32. The predicted molar refractivity (Wildman–Crippen MR) is 162 cm³/mol. The molecule has 8 aromatic rings. The second-order valence-corrected chi connectivity index (χ2v) is 10.7. The van der Waals surface area contributed by atoms with Crippen molar-refractivity contribution in [2.45, 2.75) is 13.3 Å². The summed E-state index contributed by atoms with van der Waals surface area (Å²) in [6.07, 6.45) is 0.873. The minimum Gasteiger partial charge on any atom is -0.296 e. The summed E-state index contributed by atoms with van der Waals surface area (Å²) >= 11 is 1.88. The Balaban J connectivity index is 1.38. The van der Waals surface area contributed by atoms with Crippen molar-refractivity contribution < 1.29 is 0 Å². The average Bonchev–Trinajstić information content (AvgIpc) is 3.55. The Morgan fingerprint density at radius 3 is 2.18 bits per heavy atom. The summed E-state index contributed by atoms with van der Waals surface area (Å²) in [5, 5.41) is 6.33. The van der Waals surface area contributed by atoms with E-state index in [1.165, 1.54) is 36.3 Å². The number of aryl methyl sites for hydroxylation is 1. The van der Waals surface area contributed by atoms with Gasteiger partial charge in [-0.3, -0.25) is 4.57 Å². The molecule has 3 aromatic heterocycles. The summed E-state index contributed by atoms with van der Waals surface area (Å²) in [6.45, 7) is 2.16. The van der Waals surface area contributed by atoms with Gasteiger partial charge in [0.05, 0.1) is 22.2 Å². The highest BCUT2D eigenvalue weighted by Crippen LogP contribution is 2.43. The van der Waals surface area contributed by atoms with Crippen LogP contribution in [0.2, 0.25) is 0 Å². The van der Waals surface area contributed by atoms with Crippen LogP contribution < -0.4 is 0 Å². The molecule has 0 saturated heterocycles. The molecule has 0 amide bonds. The molecule has 0 aliphatic heterocycles. The van der Waals surface area contributed by atoms with Crippen LogP contribution in [-0.4, -0.2) is 14.5 Å². The largest absolute Gasteiger partial charge is 0.296 e. The van der Waals surface area contributed by atoms with E-state index in [0.717, 1.165) is 45.7 Å². The van der Waals surface area contributed by atoms with Gasteiger partial charge in [-0.1, -0.05) is 79.7 Å². The lowest BCUT2D eigenvalue weighted by Crippen LogP contribution is -2.00. The second-order valence-electron chi connectivity index (χ2n) is 9.69. The normalized spacial score (nSPS) is 11.9. The molecule has 8 rings (SSSR count). The van der Waals surface area contributed by atoms with Crippen LogP contribution in [0.4, 0.5) is 0 Å². The maximum absolute atomic E-state index is 5.20. The Labute approximate surface area is 223 Å². The van der Waals surface area contributed by atoms with Crippen LogP contribution in [0.15, 0.2) is 109 Å². The molecule has 3 heterocycles. The van der Waals surface area contributed by atoms with Crippen molar-refractivity contribution >= 4 is 64.2 Å². The molecule has 0 aliphatic rings. The van der Waals surface area contributed by atoms with Gasteiger partial charge in [0.1, 0.15) is 5.82 Å². The van der Waals surface area contributed by atoms with Gasteiger partial charge in [-0.05, 0) is 36.4 Å². The Bertz CT molecular complexity index is 2170. The molecule has 180 valence electrons. The Morgan fingerprint density at radius 1 is 0.632 bits per heavy atom. The molecule has 0 N–H and O–H groups in total. The standard InChI is InChI=1S/C34H23N3S/c1-2-31-35-28-12-6-7-13-29(28)37(31)22-17-15-21(16-18-22)33-26-20-19-24-23-9-4-8-14-30(23)38-34(24)32(26)25-10-3-5-11-27(25)36-33/h3-20H,2H2,1H3. The monoisotopic (exact) mass is 505 g/mol. The Kier molecular flexibility index (Phi) is 4.67. The molecule has 5 aromatic carbocycles. The second kappa shape index (κ2) is 8.23. The van der Waals surface area contributed by atoms with Crippen molar-refractivity contribution in [3.05, 3.63) is 115 Å². The molecule has 0 bridgehead atoms. The van der Waals surface area contributed by atoms with Gasteiger partial charge < -0.3 is 0 Å². The fourth-order valence-electron chi connectivity index (χ4n) is 5.81. The van der Waals surface area contributed by atoms with E-state index in [0.29, 0.717) is 0 Å². The van der Waals surface area contributed by atoms with Crippen LogP contribution in [0.5, 0.6) is 0 Å². The zero-order valence-electron chi connectivity index (χ0n) is 20.8. The third-order valence-corrected chi connectivity index (χ3v) is 8.76. The van der Waals surface area contributed by atoms with Crippen molar-refractivity contribution in [1.82, 2.24) is 14.5 Å². The Morgan fingerprint density at radius 2 is 1.34 bits per heavy atom. The van der Waals surface area contributed by atoms with Gasteiger partial charge in [0, 0.05) is 54.0 Å². The third kappa shape index (κ3) is 3.07. The molecule has 3 nitrogen and oxygen atoms in total. The maximum Gasteiger partial charge on any atom is 0.114 e. The van der Waals surface area contributed by atoms with E-state index < -0.39 is 0 Å². The smallest absolute Gasteiger partial charge is 0.114 e. The molecular formula is C34H23N3S. The number of rotatable bonds is 3. The first-order valence-electron chi connectivity index (χ1n) is 13.0. The molecule has 0 spiro atoms. The zero-order chi connectivity index (χ0) is 25.2. The lowest BCUT2D eigenvalue weighted by atomic mass is 9.98. The molecule has 0 unspecified atom stereocenters. The summed E-state index contributed by atoms with van der Waals surface area (Å²) in [6, 6.07) is 38.9. The molecule has 38 heavy (non-hydrogen) atoms. The third-order valence-electron chi connectivity index (χ3n) is 7.55. The minimum absolute atomic E-state index is 0.873. The lowest BCUT2D eigenvalue weighted by molar-refractivity contribution is 0.908. The van der Waals surface area contributed by atoms with E-state index >= 15 is 0 Å². The van der Waals surface area contributed by atoms with E-state index in [2.05, 4.69) is 115 Å². The van der Waals surface area contributed by atoms with Crippen LogP contribution in [0, 0.1) is 0 Å². The van der Waals surface area contributed by atoms with Crippen LogP contribution in [0.25, 0.3) is 69.8 Å². The molecule has 4 heteroatoms. The van der Waals surface area contributed by atoms with Gasteiger partial charge in [0.2, 0.25) is 0 Å². The number of nitrogens with zero attached hydrogens (tertiary/aromatic N) is 3. The van der Waals surface area contributed by atoms with E-state index in [-0.39, 0.29) is 0 Å². The number of pyridine rings is 1. The van der Waals surface area contributed by atoms with Crippen LogP contribution >= 0.6 is 11.3 Å². The summed E-state index contributed by atoms with van der Waals surface area (Å²) < 4.78 is 4.92. The molecular weight excluding hydrogens is 482 g/mol. The maximum atomic E-state index is 5.20. The number of para-hydroxylation sites is 3. The number of aromatic nitrogens is 3. The van der Waals surface area contributed by atoms with Crippen LogP contribution in [-0.2, 0) is 6.42 Å². The first-order chi connectivity index (χ1) is 18.8. The fourth-order valence-corrected chi connectivity index (χ4v) is 7.07. The Hall–Kier alpha value is -4.54. The van der Waals surface area contributed by atoms with Crippen molar-refractivity contribution in [2.75, 3.05) is 0 Å². The number of thiophene rings is 1. The molecule has 0 aliphatic carbocycles. The number of benzene rings is 5. The number of imidazole rings is 1. The van der Waals surface area contributed by atoms with E-state index in [1.807, 2.05) is 17.4 Å². The van der Waals surface area contributed by atoms with Gasteiger partial charge in [0.25, 0.3) is 0 Å². The average molecular weight is 506 g/mol.